The molecule has 2 aromatic heterocycles. The Labute approximate surface area is 175 Å². The molecule has 4 rings (SSSR count). The summed E-state index contributed by atoms with van der Waals surface area (Å²) in [5.74, 6) is -0.603. The van der Waals surface area contributed by atoms with Gasteiger partial charge in [-0.1, -0.05) is 12.1 Å². The average molecular weight is 427 g/mol. The molecule has 0 radical (unpaired) electrons. The van der Waals surface area contributed by atoms with Crippen LogP contribution < -0.4 is 10.2 Å². The van der Waals surface area contributed by atoms with Gasteiger partial charge in [0.25, 0.3) is 0 Å². The number of benzene rings is 1. The molecule has 3 aromatic rings. The molecule has 1 aliphatic rings. The first-order valence-corrected chi connectivity index (χ1v) is 10.1. The highest BCUT2D eigenvalue weighted by molar-refractivity contribution is 7.14. The summed E-state index contributed by atoms with van der Waals surface area (Å²) >= 11 is 1.18. The summed E-state index contributed by atoms with van der Waals surface area (Å²) in [6.07, 6.45) is 4.95. The molecule has 1 saturated carbocycles. The number of rotatable bonds is 7. The molecule has 2 amide bonds. The van der Waals surface area contributed by atoms with Gasteiger partial charge >= 0.3 is 0 Å². The van der Waals surface area contributed by atoms with Crippen molar-refractivity contribution in [3.05, 3.63) is 53.1 Å². The van der Waals surface area contributed by atoms with E-state index in [-0.39, 0.29) is 24.0 Å². The third-order valence-electron chi connectivity index (χ3n) is 4.39. The van der Waals surface area contributed by atoms with E-state index in [1.165, 1.54) is 47.4 Å². The number of hydrogen-bond donors (Lipinski definition) is 1. The molecule has 0 unspecified atom stereocenters. The van der Waals surface area contributed by atoms with E-state index in [9.17, 15) is 14.0 Å². The van der Waals surface area contributed by atoms with E-state index in [4.69, 9.17) is 0 Å². The lowest BCUT2D eigenvalue weighted by Gasteiger charge is -2.18. The maximum Gasteiger partial charge on any atom is 0.244 e. The molecule has 1 N–H and O–H groups in total. The number of anilines is 2. The topological polar surface area (TPSA) is 106 Å². The minimum atomic E-state index is -0.520. The van der Waals surface area contributed by atoms with Crippen LogP contribution in [0.15, 0.2) is 35.7 Å². The molecule has 1 aromatic carbocycles. The zero-order valence-electron chi connectivity index (χ0n) is 16.0. The van der Waals surface area contributed by atoms with Crippen molar-refractivity contribution < 1.29 is 14.0 Å². The van der Waals surface area contributed by atoms with Gasteiger partial charge in [-0.15, -0.1) is 16.4 Å². The Balaban J connectivity index is 1.41. The minimum absolute atomic E-state index is 0.126. The molecule has 1 fully saturated rings. The summed E-state index contributed by atoms with van der Waals surface area (Å²) in [4.78, 5) is 29.7. The first-order chi connectivity index (χ1) is 14.5. The molecular formula is C19H18FN7O2S. The lowest BCUT2D eigenvalue weighted by molar-refractivity contribution is -0.117. The van der Waals surface area contributed by atoms with Crippen molar-refractivity contribution >= 4 is 40.0 Å². The van der Waals surface area contributed by atoms with Crippen LogP contribution in [0.4, 0.5) is 15.2 Å². The van der Waals surface area contributed by atoms with Gasteiger partial charge < -0.3 is 5.32 Å². The Morgan fingerprint density at radius 1 is 1.37 bits per heavy atom. The summed E-state index contributed by atoms with van der Waals surface area (Å²) in [5, 5.41) is 16.2. The second-order valence-corrected chi connectivity index (χ2v) is 7.52. The monoisotopic (exact) mass is 427 g/mol. The Hall–Kier alpha value is -3.47. The molecule has 0 spiro atoms. The number of amides is 2. The van der Waals surface area contributed by atoms with E-state index in [0.717, 1.165) is 12.8 Å². The summed E-state index contributed by atoms with van der Waals surface area (Å²) in [6.45, 7) is 1.56. The fourth-order valence-corrected chi connectivity index (χ4v) is 3.66. The number of nitrogens with one attached hydrogen (secondary N) is 1. The maximum absolute atomic E-state index is 14.1. The van der Waals surface area contributed by atoms with Crippen LogP contribution in [0, 0.1) is 5.82 Å². The van der Waals surface area contributed by atoms with Crippen LogP contribution in [0.2, 0.25) is 0 Å². The van der Waals surface area contributed by atoms with Crippen LogP contribution in [-0.4, -0.2) is 37.0 Å². The van der Waals surface area contributed by atoms with Gasteiger partial charge in [-0.3, -0.25) is 14.5 Å². The number of halogens is 1. The average Bonchev–Trinajstić information content (AvgIpc) is 3.28. The quantitative estimate of drug-likeness (QED) is 0.581. The first kappa shape index (κ1) is 19.8. The van der Waals surface area contributed by atoms with E-state index in [0.29, 0.717) is 22.7 Å². The first-order valence-electron chi connectivity index (χ1n) is 9.26. The summed E-state index contributed by atoms with van der Waals surface area (Å²) in [6, 6.07) is 6.32. The number of hydrogen-bond acceptors (Lipinski definition) is 7. The van der Waals surface area contributed by atoms with E-state index in [1.54, 1.807) is 22.2 Å². The summed E-state index contributed by atoms with van der Waals surface area (Å²) in [7, 11) is 0. The van der Waals surface area contributed by atoms with Crippen LogP contribution in [0.25, 0.3) is 6.08 Å². The fraction of sp³-hybridized carbons (Fsp3) is 0.263. The summed E-state index contributed by atoms with van der Waals surface area (Å²) in [5.41, 5.74) is 0.608. The van der Waals surface area contributed by atoms with Gasteiger partial charge in [0.1, 0.15) is 5.82 Å². The molecule has 0 saturated heterocycles. The smallest absolute Gasteiger partial charge is 0.244 e. The predicted octanol–water partition coefficient (Wildman–Crippen LogP) is 2.62. The van der Waals surface area contributed by atoms with E-state index < -0.39 is 5.82 Å². The molecule has 2 heterocycles. The van der Waals surface area contributed by atoms with Crippen LogP contribution in [0.3, 0.4) is 0 Å². The van der Waals surface area contributed by atoms with Crippen molar-refractivity contribution in [2.24, 2.45) is 0 Å². The number of nitrogens with zero attached hydrogens (tertiary/aromatic N) is 6. The van der Waals surface area contributed by atoms with Crippen molar-refractivity contribution in [3.63, 3.8) is 0 Å². The molecule has 9 nitrogen and oxygen atoms in total. The van der Waals surface area contributed by atoms with Crippen molar-refractivity contribution in [1.29, 1.82) is 0 Å². The maximum atomic E-state index is 14.1. The van der Waals surface area contributed by atoms with Gasteiger partial charge in [0.05, 0.1) is 24.0 Å². The highest BCUT2D eigenvalue weighted by Crippen LogP contribution is 2.34. The van der Waals surface area contributed by atoms with Crippen molar-refractivity contribution in [1.82, 2.24) is 30.5 Å². The fourth-order valence-electron chi connectivity index (χ4n) is 2.81. The zero-order valence-corrected chi connectivity index (χ0v) is 16.8. The zero-order chi connectivity index (χ0) is 21.1. The number of carbonyl (C=O) groups is 2. The van der Waals surface area contributed by atoms with E-state index in [1.807, 2.05) is 0 Å². The standard InChI is InChI=1S/C19H18FN7O2S/c1-12(28)26(16-5-3-2-4-15(16)20)19-22-13(11-30-19)6-9-18(29)21-10-17-23-24-25-27(17)14-7-8-14/h2-6,9,11,14H,7-8,10H2,1H3,(H,21,29). The highest BCUT2D eigenvalue weighted by Gasteiger charge is 2.27. The second-order valence-electron chi connectivity index (χ2n) is 6.68. The highest BCUT2D eigenvalue weighted by atomic mass is 32.1. The number of tetrazole rings is 1. The predicted molar refractivity (Wildman–Crippen MR) is 108 cm³/mol. The molecule has 0 bridgehead atoms. The van der Waals surface area contributed by atoms with Gasteiger partial charge in [-0.05, 0) is 41.5 Å². The van der Waals surface area contributed by atoms with Crippen LogP contribution >= 0.6 is 11.3 Å². The number of para-hydroxylation sites is 1. The molecule has 1 aliphatic carbocycles. The molecule has 154 valence electrons. The van der Waals surface area contributed by atoms with Gasteiger partial charge in [0.2, 0.25) is 11.8 Å². The summed E-state index contributed by atoms with van der Waals surface area (Å²) < 4.78 is 15.9. The van der Waals surface area contributed by atoms with Crippen LogP contribution in [0.1, 0.15) is 37.3 Å². The Bertz CT molecular complexity index is 1110. The Morgan fingerprint density at radius 3 is 2.90 bits per heavy atom. The van der Waals surface area contributed by atoms with Gasteiger partial charge in [-0.25, -0.2) is 14.1 Å². The Kier molecular flexibility index (Phi) is 5.61. The normalized spacial score (nSPS) is 13.5. The van der Waals surface area contributed by atoms with Crippen LogP contribution in [-0.2, 0) is 16.1 Å². The van der Waals surface area contributed by atoms with Crippen molar-refractivity contribution in [3.8, 4) is 0 Å². The van der Waals surface area contributed by atoms with E-state index in [2.05, 4.69) is 25.8 Å². The lowest BCUT2D eigenvalue weighted by Crippen LogP contribution is -2.23. The largest absolute Gasteiger partial charge is 0.345 e. The van der Waals surface area contributed by atoms with Gasteiger partial charge in [0.15, 0.2) is 11.0 Å². The third kappa shape index (κ3) is 4.40. The van der Waals surface area contributed by atoms with Gasteiger partial charge in [-0.2, -0.15) is 0 Å². The molecule has 30 heavy (non-hydrogen) atoms. The van der Waals surface area contributed by atoms with Crippen molar-refractivity contribution in [2.45, 2.75) is 32.4 Å². The lowest BCUT2D eigenvalue weighted by atomic mass is 10.3. The molecule has 11 heteroatoms. The second kappa shape index (κ2) is 8.49. The van der Waals surface area contributed by atoms with Crippen LogP contribution in [0.5, 0.6) is 0 Å². The number of thiazole rings is 1. The van der Waals surface area contributed by atoms with E-state index >= 15 is 0 Å². The Morgan fingerprint density at radius 2 is 2.17 bits per heavy atom. The SMILES string of the molecule is CC(=O)N(c1nc(C=CC(=O)NCc2nnnn2C2CC2)cs1)c1ccccc1F. The molecule has 0 aliphatic heterocycles. The molecule has 0 atom stereocenters. The minimum Gasteiger partial charge on any atom is -0.345 e. The number of carbonyl (C=O) groups excluding carboxylic acids is 2. The van der Waals surface area contributed by atoms with Crippen molar-refractivity contribution in [2.75, 3.05) is 4.90 Å². The third-order valence-corrected chi connectivity index (χ3v) is 5.23. The number of aromatic nitrogens is 5. The molecular weight excluding hydrogens is 409 g/mol. The van der Waals surface area contributed by atoms with Gasteiger partial charge in [0, 0.05) is 18.4 Å².